The monoisotopic (exact) mass is 516 g/mol. The van der Waals surface area contributed by atoms with Crippen molar-refractivity contribution in [3.63, 3.8) is 0 Å². The number of alkyl halides is 2. The molecular weight excluding hydrogens is 490 g/mol. The summed E-state index contributed by atoms with van der Waals surface area (Å²) in [6, 6.07) is 6.56. The molecule has 1 aromatic heterocycles. The highest BCUT2D eigenvalue weighted by Crippen LogP contribution is 2.38. The molecule has 1 aromatic carbocycles. The lowest BCUT2D eigenvalue weighted by atomic mass is 10.2. The van der Waals surface area contributed by atoms with Gasteiger partial charge in [0.1, 0.15) is 11.8 Å². The van der Waals surface area contributed by atoms with Crippen LogP contribution in [0.5, 0.6) is 5.75 Å². The third kappa shape index (κ3) is 5.06. The van der Waals surface area contributed by atoms with E-state index in [4.69, 9.17) is 16.3 Å². The first-order valence-electron chi connectivity index (χ1n) is 11.1. The van der Waals surface area contributed by atoms with Gasteiger partial charge in [-0.15, -0.1) is 0 Å². The van der Waals surface area contributed by atoms with Crippen LogP contribution in [0.1, 0.15) is 33.1 Å². The van der Waals surface area contributed by atoms with Gasteiger partial charge in [-0.3, -0.25) is 4.79 Å². The topological polar surface area (TPSA) is 84.7 Å². The summed E-state index contributed by atoms with van der Waals surface area (Å²) in [6.07, 6.45) is 0.0144. The maximum absolute atomic E-state index is 13.8. The second-order valence-corrected chi connectivity index (χ2v) is 11.8. The number of hydrogen-bond acceptors (Lipinski definition) is 6. The van der Waals surface area contributed by atoms with Crippen LogP contribution in [-0.4, -0.2) is 66.0 Å². The van der Waals surface area contributed by atoms with Gasteiger partial charge >= 0.3 is 5.56 Å². The second kappa shape index (κ2) is 9.43. The third-order valence-electron chi connectivity index (χ3n) is 6.15. The summed E-state index contributed by atoms with van der Waals surface area (Å²) in [5.74, 6) is -2.90. The Morgan fingerprint density at radius 2 is 1.91 bits per heavy atom. The molecular formula is C22H27ClF2N4O4S. The predicted octanol–water partition coefficient (Wildman–Crippen LogP) is 3.31. The quantitative estimate of drug-likeness (QED) is 0.585. The molecule has 0 N–H and O–H groups in total. The smallest absolute Gasteiger partial charge is 0.316 e. The van der Waals surface area contributed by atoms with Crippen LogP contribution in [0, 0.1) is 0 Å². The van der Waals surface area contributed by atoms with E-state index in [1.807, 2.05) is 4.90 Å². The number of benzene rings is 1. The molecule has 1 saturated heterocycles. The molecule has 8 nitrogen and oxygen atoms in total. The van der Waals surface area contributed by atoms with E-state index in [2.05, 4.69) is 5.10 Å². The third-order valence-corrected chi connectivity index (χ3v) is 8.66. The van der Waals surface area contributed by atoms with Gasteiger partial charge in [0, 0.05) is 44.0 Å². The summed E-state index contributed by atoms with van der Waals surface area (Å²) in [7, 11) is -3.40. The van der Waals surface area contributed by atoms with Crippen LogP contribution in [0.4, 0.5) is 14.5 Å². The van der Waals surface area contributed by atoms with E-state index in [0.717, 1.165) is 4.68 Å². The van der Waals surface area contributed by atoms with E-state index in [9.17, 15) is 22.0 Å². The molecule has 0 amide bonds. The number of rotatable bonds is 6. The van der Waals surface area contributed by atoms with E-state index >= 15 is 0 Å². The lowest BCUT2D eigenvalue weighted by molar-refractivity contribution is -0.00117. The lowest BCUT2D eigenvalue weighted by Gasteiger charge is -2.36. The normalized spacial score (nSPS) is 21.2. The van der Waals surface area contributed by atoms with E-state index in [1.54, 1.807) is 38.1 Å². The molecule has 4 rings (SSSR count). The molecule has 1 aliphatic heterocycles. The Morgan fingerprint density at radius 1 is 1.21 bits per heavy atom. The zero-order chi connectivity index (χ0) is 24.7. The molecule has 2 heterocycles. The number of ether oxygens (including phenoxy) is 1. The Labute approximate surface area is 202 Å². The average Bonchev–Trinajstić information content (AvgIpc) is 3.13. The molecule has 34 heavy (non-hydrogen) atoms. The van der Waals surface area contributed by atoms with Gasteiger partial charge in [0.25, 0.3) is 5.92 Å². The summed E-state index contributed by atoms with van der Waals surface area (Å²) in [4.78, 5) is 15.2. The van der Waals surface area contributed by atoms with Crippen LogP contribution in [0.2, 0.25) is 5.02 Å². The number of hydrogen-bond donors (Lipinski definition) is 0. The Morgan fingerprint density at radius 3 is 2.50 bits per heavy atom. The lowest BCUT2D eigenvalue weighted by Crippen LogP contribution is -2.50. The van der Waals surface area contributed by atoms with Gasteiger partial charge in [0.15, 0.2) is 0 Å². The standard InChI is InChI=1S/C22H27ClF2N4O4S/c1-15(2)34(31,32)28-10-8-27(9-11-28)19-14-26-29(17-5-3-4-16(23)12-17)21(30)20(19)33-18-6-7-22(24,25)13-18/h3-5,12,14-15,18H,6-11,13H2,1-2H3. The minimum Gasteiger partial charge on any atom is -0.483 e. The summed E-state index contributed by atoms with van der Waals surface area (Å²) in [5, 5.41) is 4.14. The highest BCUT2D eigenvalue weighted by atomic mass is 35.5. The van der Waals surface area contributed by atoms with Gasteiger partial charge in [-0.1, -0.05) is 17.7 Å². The van der Waals surface area contributed by atoms with E-state index in [-0.39, 0.29) is 31.7 Å². The van der Waals surface area contributed by atoms with Crippen molar-refractivity contribution in [1.29, 1.82) is 0 Å². The summed E-state index contributed by atoms with van der Waals surface area (Å²) in [6.45, 7) is 4.35. The van der Waals surface area contributed by atoms with E-state index < -0.39 is 39.3 Å². The maximum Gasteiger partial charge on any atom is 0.316 e. The molecule has 1 atom stereocenters. The fourth-order valence-corrected chi connectivity index (χ4v) is 5.67. The van der Waals surface area contributed by atoms with Crippen molar-refractivity contribution in [1.82, 2.24) is 14.1 Å². The Kier molecular flexibility index (Phi) is 6.90. The van der Waals surface area contributed by atoms with E-state index in [1.165, 1.54) is 10.5 Å². The van der Waals surface area contributed by atoms with Crippen molar-refractivity contribution < 1.29 is 21.9 Å². The highest BCUT2D eigenvalue weighted by Gasteiger charge is 2.41. The van der Waals surface area contributed by atoms with Gasteiger partial charge in [-0.05, 0) is 38.5 Å². The molecule has 0 bridgehead atoms. The van der Waals surface area contributed by atoms with Crippen LogP contribution >= 0.6 is 11.6 Å². The van der Waals surface area contributed by atoms with Crippen LogP contribution in [0.3, 0.4) is 0 Å². The summed E-state index contributed by atoms with van der Waals surface area (Å²) >= 11 is 6.06. The SMILES string of the molecule is CC(C)S(=O)(=O)N1CCN(c2cnn(-c3cccc(Cl)c3)c(=O)c2OC2CCC(F)(F)C2)CC1. The molecule has 2 fully saturated rings. The summed E-state index contributed by atoms with van der Waals surface area (Å²) in [5.41, 5.74) is 0.186. The number of nitrogens with zero attached hydrogens (tertiary/aromatic N) is 4. The van der Waals surface area contributed by atoms with Gasteiger partial charge in [-0.25, -0.2) is 17.2 Å². The number of aromatic nitrogens is 2. The molecule has 2 aliphatic rings. The molecule has 2 aromatic rings. The minimum absolute atomic E-state index is 0.0714. The van der Waals surface area contributed by atoms with E-state index in [0.29, 0.717) is 29.5 Å². The largest absolute Gasteiger partial charge is 0.483 e. The second-order valence-electron chi connectivity index (χ2n) is 8.87. The fraction of sp³-hybridized carbons (Fsp3) is 0.545. The Hall–Kier alpha value is -2.24. The van der Waals surface area contributed by atoms with Crippen LogP contribution in [0.25, 0.3) is 5.69 Å². The first-order chi connectivity index (χ1) is 16.0. The Bertz CT molecular complexity index is 1210. The number of sulfonamides is 1. The fourth-order valence-electron chi connectivity index (χ4n) is 4.22. The van der Waals surface area contributed by atoms with Gasteiger partial charge in [-0.2, -0.15) is 14.1 Å². The average molecular weight is 517 g/mol. The first-order valence-corrected chi connectivity index (χ1v) is 13.0. The van der Waals surface area contributed by atoms with Crippen molar-refractivity contribution in [3.8, 4) is 11.4 Å². The predicted molar refractivity (Wildman–Crippen MR) is 126 cm³/mol. The molecule has 186 valence electrons. The van der Waals surface area contributed by atoms with Crippen LogP contribution in [-0.2, 0) is 10.0 Å². The molecule has 0 radical (unpaired) electrons. The number of piperazine rings is 1. The number of halogens is 3. The zero-order valence-electron chi connectivity index (χ0n) is 19.0. The summed E-state index contributed by atoms with van der Waals surface area (Å²) < 4.78 is 61.0. The minimum atomic E-state index is -3.40. The van der Waals surface area contributed by atoms with Crippen LogP contribution < -0.4 is 15.2 Å². The molecule has 1 saturated carbocycles. The zero-order valence-corrected chi connectivity index (χ0v) is 20.5. The van der Waals surface area contributed by atoms with Crippen molar-refractivity contribution in [2.24, 2.45) is 0 Å². The molecule has 1 unspecified atom stereocenters. The highest BCUT2D eigenvalue weighted by molar-refractivity contribution is 7.89. The maximum atomic E-state index is 13.8. The number of anilines is 1. The van der Waals surface area contributed by atoms with Gasteiger partial charge in [0.2, 0.25) is 15.8 Å². The van der Waals surface area contributed by atoms with Crippen molar-refractivity contribution in [2.75, 3.05) is 31.1 Å². The van der Waals surface area contributed by atoms with Crippen molar-refractivity contribution >= 4 is 27.3 Å². The van der Waals surface area contributed by atoms with Crippen molar-refractivity contribution in [3.05, 3.63) is 45.8 Å². The molecule has 12 heteroatoms. The first kappa shape index (κ1) is 24.9. The van der Waals surface area contributed by atoms with Crippen molar-refractivity contribution in [2.45, 2.75) is 50.4 Å². The van der Waals surface area contributed by atoms with Gasteiger partial charge in [0.05, 0.1) is 17.1 Å². The van der Waals surface area contributed by atoms with Gasteiger partial charge < -0.3 is 9.64 Å². The molecule has 0 spiro atoms. The van der Waals surface area contributed by atoms with Crippen LogP contribution in [0.15, 0.2) is 35.3 Å². The Balaban J connectivity index is 1.67. The molecule has 1 aliphatic carbocycles.